The minimum atomic E-state index is -0.514. The highest BCUT2D eigenvalue weighted by Crippen LogP contribution is 2.14. The van der Waals surface area contributed by atoms with Crippen LogP contribution >= 0.6 is 0 Å². The first-order valence-corrected chi connectivity index (χ1v) is 6.27. The maximum Gasteiger partial charge on any atom is 0.242 e. The molecule has 2 atom stereocenters. The molecule has 0 unspecified atom stereocenters. The van der Waals surface area contributed by atoms with Crippen LogP contribution in [-0.4, -0.2) is 42.1 Å². The summed E-state index contributed by atoms with van der Waals surface area (Å²) < 4.78 is 0. The summed E-state index contributed by atoms with van der Waals surface area (Å²) in [7, 11) is 1.61. The van der Waals surface area contributed by atoms with Gasteiger partial charge in [0.25, 0.3) is 0 Å². The van der Waals surface area contributed by atoms with Gasteiger partial charge < -0.3 is 15.0 Å². The van der Waals surface area contributed by atoms with Gasteiger partial charge in [0, 0.05) is 26.4 Å². The molecule has 0 fully saturated rings. The molecule has 0 aliphatic rings. The lowest BCUT2D eigenvalue weighted by atomic mass is 9.97. The number of likely N-dealkylation sites (N-methyl/N-ethyl adjacent to an activating group) is 1. The van der Waals surface area contributed by atoms with Crippen LogP contribution in [0.15, 0.2) is 0 Å². The molecular formula is C13H24N2O3. The Kier molecular flexibility index (Phi) is 7.24. The summed E-state index contributed by atoms with van der Waals surface area (Å²) in [5.74, 6) is -0.245. The quantitative estimate of drug-likeness (QED) is 0.690. The number of amides is 2. The van der Waals surface area contributed by atoms with Crippen molar-refractivity contribution in [1.82, 2.24) is 10.2 Å². The molecule has 0 heterocycles. The van der Waals surface area contributed by atoms with Gasteiger partial charge in [0.2, 0.25) is 11.8 Å². The second-order valence-electron chi connectivity index (χ2n) is 5.05. The number of carbonyl (C=O) groups is 3. The molecule has 0 rings (SSSR count). The number of hydrogen-bond acceptors (Lipinski definition) is 3. The molecule has 0 radical (unpaired) electrons. The maximum atomic E-state index is 12.0. The number of nitrogens with zero attached hydrogens (tertiary/aromatic N) is 1. The third-order valence-corrected chi connectivity index (χ3v) is 2.82. The monoisotopic (exact) mass is 256 g/mol. The van der Waals surface area contributed by atoms with Gasteiger partial charge >= 0.3 is 0 Å². The Hall–Kier alpha value is -1.39. The van der Waals surface area contributed by atoms with Crippen molar-refractivity contribution in [3.05, 3.63) is 0 Å². The molecular weight excluding hydrogens is 232 g/mol. The second kappa shape index (κ2) is 7.84. The van der Waals surface area contributed by atoms with Gasteiger partial charge in [-0.05, 0) is 26.2 Å². The minimum Gasteiger partial charge on any atom is -0.352 e. The smallest absolute Gasteiger partial charge is 0.242 e. The van der Waals surface area contributed by atoms with Crippen molar-refractivity contribution < 1.29 is 14.4 Å². The van der Waals surface area contributed by atoms with E-state index in [0.29, 0.717) is 12.8 Å². The Labute approximate surface area is 109 Å². The van der Waals surface area contributed by atoms with Crippen molar-refractivity contribution in [2.24, 2.45) is 5.92 Å². The highest BCUT2D eigenvalue weighted by molar-refractivity contribution is 5.86. The van der Waals surface area contributed by atoms with E-state index in [9.17, 15) is 14.4 Å². The zero-order chi connectivity index (χ0) is 14.3. The standard InChI is InChI=1S/C13H24N2O3/c1-9(2)14-13(18)12(15(5)11(4)17)8-10(3)6-7-16/h7,9-10,12H,6,8H2,1-5H3,(H,14,18)/t10-,12+/m1/s1. The van der Waals surface area contributed by atoms with Gasteiger partial charge in [0.15, 0.2) is 0 Å². The molecule has 0 saturated heterocycles. The molecule has 2 amide bonds. The molecule has 0 saturated carbocycles. The van der Waals surface area contributed by atoms with E-state index >= 15 is 0 Å². The number of hydrogen-bond donors (Lipinski definition) is 1. The Morgan fingerprint density at radius 2 is 1.83 bits per heavy atom. The topological polar surface area (TPSA) is 66.5 Å². The van der Waals surface area contributed by atoms with E-state index in [-0.39, 0.29) is 23.8 Å². The maximum absolute atomic E-state index is 12.0. The Morgan fingerprint density at radius 3 is 2.22 bits per heavy atom. The molecule has 5 heteroatoms. The fourth-order valence-corrected chi connectivity index (χ4v) is 1.68. The van der Waals surface area contributed by atoms with Gasteiger partial charge in [-0.3, -0.25) is 9.59 Å². The largest absolute Gasteiger partial charge is 0.352 e. The molecule has 0 spiro atoms. The van der Waals surface area contributed by atoms with Crippen LogP contribution in [0.2, 0.25) is 0 Å². The van der Waals surface area contributed by atoms with Crippen molar-refractivity contribution in [3.63, 3.8) is 0 Å². The number of nitrogens with one attached hydrogen (secondary N) is 1. The van der Waals surface area contributed by atoms with Crippen molar-refractivity contribution in [2.45, 2.75) is 52.6 Å². The third-order valence-electron chi connectivity index (χ3n) is 2.82. The molecule has 0 aliphatic heterocycles. The van der Waals surface area contributed by atoms with Crippen LogP contribution in [0.3, 0.4) is 0 Å². The van der Waals surface area contributed by atoms with E-state index in [1.165, 1.54) is 11.8 Å². The molecule has 1 N–H and O–H groups in total. The van der Waals surface area contributed by atoms with Crippen LogP contribution in [0.5, 0.6) is 0 Å². The SMILES string of the molecule is CC(=O)N(C)[C@@H](C[C@H](C)CC=O)C(=O)NC(C)C. The average Bonchev–Trinajstić information content (AvgIpc) is 2.24. The molecule has 18 heavy (non-hydrogen) atoms. The van der Waals surface area contributed by atoms with Gasteiger partial charge in [-0.1, -0.05) is 6.92 Å². The molecule has 0 bridgehead atoms. The van der Waals surface area contributed by atoms with Crippen LogP contribution < -0.4 is 5.32 Å². The lowest BCUT2D eigenvalue weighted by Crippen LogP contribution is -2.49. The van der Waals surface area contributed by atoms with Crippen molar-refractivity contribution in [1.29, 1.82) is 0 Å². The summed E-state index contributed by atoms with van der Waals surface area (Å²) in [6.45, 7) is 7.08. The average molecular weight is 256 g/mol. The fraction of sp³-hybridized carbons (Fsp3) is 0.769. The molecule has 0 aliphatic carbocycles. The van der Waals surface area contributed by atoms with E-state index < -0.39 is 6.04 Å². The van der Waals surface area contributed by atoms with Crippen LogP contribution in [0.25, 0.3) is 0 Å². The Bertz CT molecular complexity index is 303. The Morgan fingerprint density at radius 1 is 1.28 bits per heavy atom. The van der Waals surface area contributed by atoms with Gasteiger partial charge in [-0.25, -0.2) is 0 Å². The molecule has 5 nitrogen and oxygen atoms in total. The van der Waals surface area contributed by atoms with Gasteiger partial charge in [-0.15, -0.1) is 0 Å². The zero-order valence-corrected chi connectivity index (χ0v) is 11.9. The molecule has 0 aromatic heterocycles. The van der Waals surface area contributed by atoms with Crippen LogP contribution in [-0.2, 0) is 14.4 Å². The normalized spacial score (nSPS) is 13.9. The zero-order valence-electron chi connectivity index (χ0n) is 11.9. The highest BCUT2D eigenvalue weighted by atomic mass is 16.2. The predicted molar refractivity (Wildman–Crippen MR) is 70.0 cm³/mol. The number of rotatable bonds is 7. The van der Waals surface area contributed by atoms with E-state index in [4.69, 9.17) is 0 Å². The first-order chi connectivity index (χ1) is 8.29. The summed E-state index contributed by atoms with van der Waals surface area (Å²) in [6.07, 6.45) is 1.74. The van der Waals surface area contributed by atoms with Gasteiger partial charge in [0.1, 0.15) is 12.3 Å². The van der Waals surface area contributed by atoms with E-state index in [2.05, 4.69) is 5.32 Å². The summed E-state index contributed by atoms with van der Waals surface area (Å²) in [5.41, 5.74) is 0. The van der Waals surface area contributed by atoms with Gasteiger partial charge in [0.05, 0.1) is 0 Å². The molecule has 104 valence electrons. The van der Waals surface area contributed by atoms with E-state index in [1.54, 1.807) is 7.05 Å². The minimum absolute atomic E-state index is 0.0294. The van der Waals surface area contributed by atoms with Crippen molar-refractivity contribution in [2.75, 3.05) is 7.05 Å². The number of carbonyl (C=O) groups excluding carboxylic acids is 3. The lowest BCUT2D eigenvalue weighted by molar-refractivity contribution is -0.138. The fourth-order valence-electron chi connectivity index (χ4n) is 1.68. The molecule has 0 aromatic carbocycles. The van der Waals surface area contributed by atoms with Crippen LogP contribution in [0.1, 0.15) is 40.5 Å². The summed E-state index contributed by atoms with van der Waals surface area (Å²) in [5, 5.41) is 2.80. The van der Waals surface area contributed by atoms with Crippen molar-refractivity contribution >= 4 is 18.1 Å². The van der Waals surface area contributed by atoms with Crippen LogP contribution in [0.4, 0.5) is 0 Å². The summed E-state index contributed by atoms with van der Waals surface area (Å²) in [4.78, 5) is 35.3. The summed E-state index contributed by atoms with van der Waals surface area (Å²) in [6, 6.07) is -0.485. The second-order valence-corrected chi connectivity index (χ2v) is 5.05. The third kappa shape index (κ3) is 5.80. The first kappa shape index (κ1) is 16.6. The van der Waals surface area contributed by atoms with E-state index in [1.807, 2.05) is 20.8 Å². The first-order valence-electron chi connectivity index (χ1n) is 6.27. The summed E-state index contributed by atoms with van der Waals surface area (Å²) >= 11 is 0. The molecule has 0 aromatic rings. The Balaban J connectivity index is 4.76. The van der Waals surface area contributed by atoms with Gasteiger partial charge in [-0.2, -0.15) is 0 Å². The van der Waals surface area contributed by atoms with Crippen LogP contribution in [0, 0.1) is 5.92 Å². The highest BCUT2D eigenvalue weighted by Gasteiger charge is 2.27. The predicted octanol–water partition coefficient (Wildman–Crippen LogP) is 0.973. The van der Waals surface area contributed by atoms with Crippen molar-refractivity contribution in [3.8, 4) is 0 Å². The number of aldehydes is 1. The lowest BCUT2D eigenvalue weighted by Gasteiger charge is -2.28. The van der Waals surface area contributed by atoms with E-state index in [0.717, 1.165) is 6.29 Å².